The van der Waals surface area contributed by atoms with Crippen LogP contribution >= 0.6 is 12.4 Å². The fraction of sp³-hybridized carbons (Fsp3) is 0.222. The molecule has 2 aromatic carbocycles. The van der Waals surface area contributed by atoms with Gasteiger partial charge in [0.25, 0.3) is 0 Å². The Hall–Kier alpha value is -1.77. The maximum Gasteiger partial charge on any atom is 0.0492 e. The lowest BCUT2D eigenvalue weighted by Crippen LogP contribution is -2.13. The highest BCUT2D eigenvalue weighted by atomic mass is 35.5. The molecule has 0 aliphatic heterocycles. The van der Waals surface area contributed by atoms with Gasteiger partial charge in [-0.25, -0.2) is 0 Å². The zero-order chi connectivity index (χ0) is 13.8. The molecular weight excluding hydrogens is 280 g/mol. The number of aromatic nitrogens is 1. The van der Waals surface area contributed by atoms with E-state index in [4.69, 9.17) is 0 Å². The third-order valence-electron chi connectivity index (χ3n) is 3.88. The average Bonchev–Trinajstić information content (AvgIpc) is 2.98. The molecule has 110 valence electrons. The number of H-pyrrole nitrogens is 1. The van der Waals surface area contributed by atoms with Gasteiger partial charge < -0.3 is 10.3 Å². The van der Waals surface area contributed by atoms with Crippen molar-refractivity contribution in [3.05, 3.63) is 71.9 Å². The first-order chi connectivity index (χ1) is 9.90. The molecule has 1 atom stereocenters. The number of halogens is 1. The van der Waals surface area contributed by atoms with Gasteiger partial charge in [-0.1, -0.05) is 48.5 Å². The highest BCUT2D eigenvalue weighted by Gasteiger charge is 2.16. The summed E-state index contributed by atoms with van der Waals surface area (Å²) in [6.07, 6.45) is 3.12. The molecular formula is C18H21ClN2. The second-order valence-electron chi connectivity index (χ2n) is 5.14. The van der Waals surface area contributed by atoms with Crippen LogP contribution in [0, 0.1) is 0 Å². The number of hydrogen-bond donors (Lipinski definition) is 2. The standard InChI is InChI=1S/C18H20N2.ClH/c1-19-12-11-16(14-6-3-2-4-7-14)17-9-5-8-15-10-13-20-18(15)17;/h2-10,13,16,19-20H,11-12H2,1H3;1H. The van der Waals surface area contributed by atoms with Crippen LogP contribution in [0.1, 0.15) is 23.5 Å². The van der Waals surface area contributed by atoms with Crippen molar-refractivity contribution >= 4 is 23.3 Å². The summed E-state index contributed by atoms with van der Waals surface area (Å²) >= 11 is 0. The molecule has 0 amide bonds. The Morgan fingerprint density at radius 2 is 1.81 bits per heavy atom. The Bertz CT molecular complexity index is 676. The van der Waals surface area contributed by atoms with Gasteiger partial charge in [0.15, 0.2) is 0 Å². The summed E-state index contributed by atoms with van der Waals surface area (Å²) in [5, 5.41) is 4.55. The van der Waals surface area contributed by atoms with Gasteiger partial charge in [-0.15, -0.1) is 12.4 Å². The van der Waals surface area contributed by atoms with E-state index in [9.17, 15) is 0 Å². The van der Waals surface area contributed by atoms with Crippen LogP contribution in [-0.4, -0.2) is 18.6 Å². The molecule has 0 saturated carbocycles. The van der Waals surface area contributed by atoms with E-state index < -0.39 is 0 Å². The van der Waals surface area contributed by atoms with Crippen LogP contribution < -0.4 is 5.32 Å². The van der Waals surface area contributed by atoms with Gasteiger partial charge in [-0.3, -0.25) is 0 Å². The Morgan fingerprint density at radius 3 is 2.57 bits per heavy atom. The minimum absolute atomic E-state index is 0. The van der Waals surface area contributed by atoms with Crippen molar-refractivity contribution in [2.75, 3.05) is 13.6 Å². The topological polar surface area (TPSA) is 27.8 Å². The van der Waals surface area contributed by atoms with E-state index >= 15 is 0 Å². The Kier molecular flexibility index (Phi) is 5.43. The lowest BCUT2D eigenvalue weighted by Gasteiger charge is -2.19. The zero-order valence-electron chi connectivity index (χ0n) is 12.2. The van der Waals surface area contributed by atoms with E-state index in [-0.39, 0.29) is 12.4 Å². The fourth-order valence-corrected chi connectivity index (χ4v) is 2.88. The lowest BCUT2D eigenvalue weighted by molar-refractivity contribution is 0.664. The highest BCUT2D eigenvalue weighted by Crippen LogP contribution is 2.32. The summed E-state index contributed by atoms with van der Waals surface area (Å²) in [5.41, 5.74) is 4.02. The third-order valence-corrected chi connectivity index (χ3v) is 3.88. The molecule has 0 aliphatic rings. The van der Waals surface area contributed by atoms with Crippen molar-refractivity contribution in [3.63, 3.8) is 0 Å². The summed E-state index contributed by atoms with van der Waals surface area (Å²) in [4.78, 5) is 3.39. The van der Waals surface area contributed by atoms with Gasteiger partial charge >= 0.3 is 0 Å². The van der Waals surface area contributed by atoms with Crippen LogP contribution in [0.5, 0.6) is 0 Å². The summed E-state index contributed by atoms with van der Waals surface area (Å²) in [5.74, 6) is 0.422. The maximum absolute atomic E-state index is 3.39. The number of rotatable bonds is 5. The minimum atomic E-state index is 0. The molecule has 0 aliphatic carbocycles. The van der Waals surface area contributed by atoms with Crippen LogP contribution in [0.2, 0.25) is 0 Å². The summed E-state index contributed by atoms with van der Waals surface area (Å²) in [7, 11) is 2.01. The number of fused-ring (bicyclic) bond motifs is 1. The summed E-state index contributed by atoms with van der Waals surface area (Å²) < 4.78 is 0. The quantitative estimate of drug-likeness (QED) is 0.721. The third kappa shape index (κ3) is 3.29. The van der Waals surface area contributed by atoms with Crippen LogP contribution in [0.3, 0.4) is 0 Å². The van der Waals surface area contributed by atoms with Crippen molar-refractivity contribution in [1.82, 2.24) is 10.3 Å². The predicted molar refractivity (Wildman–Crippen MR) is 92.4 cm³/mol. The van der Waals surface area contributed by atoms with Crippen molar-refractivity contribution in [2.45, 2.75) is 12.3 Å². The van der Waals surface area contributed by atoms with Crippen molar-refractivity contribution in [1.29, 1.82) is 0 Å². The predicted octanol–water partition coefficient (Wildman–Crippen LogP) is 4.33. The first-order valence-corrected chi connectivity index (χ1v) is 7.15. The van der Waals surface area contributed by atoms with Gasteiger partial charge in [0.1, 0.15) is 0 Å². The van der Waals surface area contributed by atoms with Gasteiger partial charge in [0.2, 0.25) is 0 Å². The average molecular weight is 301 g/mol. The van der Waals surface area contributed by atoms with Gasteiger partial charge in [0, 0.05) is 17.6 Å². The monoisotopic (exact) mass is 300 g/mol. The van der Waals surface area contributed by atoms with Gasteiger partial charge in [-0.05, 0) is 42.6 Å². The van der Waals surface area contributed by atoms with Crippen LogP contribution in [0.4, 0.5) is 0 Å². The minimum Gasteiger partial charge on any atom is -0.361 e. The van der Waals surface area contributed by atoms with Crippen molar-refractivity contribution in [2.24, 2.45) is 0 Å². The molecule has 3 rings (SSSR count). The second kappa shape index (κ2) is 7.30. The zero-order valence-corrected chi connectivity index (χ0v) is 13.0. The molecule has 3 heteroatoms. The Labute approximate surface area is 132 Å². The number of aromatic amines is 1. The first kappa shape index (κ1) is 15.6. The van der Waals surface area contributed by atoms with E-state index in [2.05, 4.69) is 64.9 Å². The van der Waals surface area contributed by atoms with Crippen molar-refractivity contribution < 1.29 is 0 Å². The molecule has 0 radical (unpaired) electrons. The van der Waals surface area contributed by atoms with Crippen LogP contribution in [0.15, 0.2) is 60.8 Å². The van der Waals surface area contributed by atoms with Crippen LogP contribution in [-0.2, 0) is 0 Å². The molecule has 3 aromatic rings. The molecule has 1 aromatic heterocycles. The van der Waals surface area contributed by atoms with Crippen molar-refractivity contribution in [3.8, 4) is 0 Å². The van der Waals surface area contributed by atoms with E-state index in [1.807, 2.05) is 13.2 Å². The molecule has 1 heterocycles. The normalized spacial score (nSPS) is 12.0. The Balaban J connectivity index is 0.00000161. The molecule has 2 nitrogen and oxygen atoms in total. The smallest absolute Gasteiger partial charge is 0.0492 e. The molecule has 0 fully saturated rings. The number of para-hydroxylation sites is 1. The Morgan fingerprint density at radius 1 is 1.00 bits per heavy atom. The number of hydrogen-bond acceptors (Lipinski definition) is 1. The van der Waals surface area contributed by atoms with Gasteiger partial charge in [0.05, 0.1) is 0 Å². The van der Waals surface area contributed by atoms with Crippen LogP contribution in [0.25, 0.3) is 10.9 Å². The molecule has 1 unspecified atom stereocenters. The molecule has 2 N–H and O–H groups in total. The maximum atomic E-state index is 3.39. The van der Waals surface area contributed by atoms with E-state index in [1.165, 1.54) is 22.0 Å². The lowest BCUT2D eigenvalue weighted by atomic mass is 9.87. The largest absolute Gasteiger partial charge is 0.361 e. The molecule has 21 heavy (non-hydrogen) atoms. The highest BCUT2D eigenvalue weighted by molar-refractivity contribution is 5.85. The number of benzene rings is 2. The first-order valence-electron chi connectivity index (χ1n) is 7.15. The van der Waals surface area contributed by atoms with Gasteiger partial charge in [-0.2, -0.15) is 0 Å². The molecule has 0 saturated heterocycles. The summed E-state index contributed by atoms with van der Waals surface area (Å²) in [6, 6.07) is 19.5. The number of nitrogens with one attached hydrogen (secondary N) is 2. The fourth-order valence-electron chi connectivity index (χ4n) is 2.88. The van der Waals surface area contributed by atoms with E-state index in [0.717, 1.165) is 13.0 Å². The molecule has 0 spiro atoms. The van der Waals surface area contributed by atoms with E-state index in [0.29, 0.717) is 5.92 Å². The summed E-state index contributed by atoms with van der Waals surface area (Å²) in [6.45, 7) is 1.01. The van der Waals surface area contributed by atoms with E-state index in [1.54, 1.807) is 0 Å². The SMILES string of the molecule is CNCCC(c1ccccc1)c1cccc2cc[nH]c12.Cl. The second-order valence-corrected chi connectivity index (χ2v) is 5.14. The molecule has 0 bridgehead atoms.